The molecule has 0 fully saturated rings. The van der Waals surface area contributed by atoms with Crippen LogP contribution in [0.4, 0.5) is 8.78 Å². The van der Waals surface area contributed by atoms with Crippen LogP contribution in [-0.4, -0.2) is 17.0 Å². The minimum Gasteiger partial charge on any atom is -0.433 e. The number of aromatic nitrogens is 1. The third-order valence-electron chi connectivity index (χ3n) is 4.46. The topological polar surface area (TPSA) is 55.0 Å². The van der Waals surface area contributed by atoms with Crippen LogP contribution in [0.3, 0.4) is 0 Å². The summed E-state index contributed by atoms with van der Waals surface area (Å²) in [6, 6.07) is 13.8. The molecule has 1 aromatic heterocycles. The number of carbonyl (C=O) groups excluding carboxylic acids is 1. The van der Waals surface area contributed by atoms with Gasteiger partial charge in [-0.15, -0.1) is 0 Å². The molecule has 6 heteroatoms. The maximum atomic E-state index is 12.9. The average Bonchev–Trinajstić information content (AvgIpc) is 2.93. The zero-order valence-corrected chi connectivity index (χ0v) is 14.7. The van der Waals surface area contributed by atoms with Crippen molar-refractivity contribution in [1.29, 1.82) is 5.26 Å². The predicted molar refractivity (Wildman–Crippen MR) is 98.8 cm³/mol. The number of carbonyl (C=O) groups is 1. The van der Waals surface area contributed by atoms with Crippen molar-refractivity contribution in [3.8, 4) is 11.8 Å². The summed E-state index contributed by atoms with van der Waals surface area (Å²) in [4.78, 5) is 12.7. The summed E-state index contributed by atoms with van der Waals surface area (Å²) in [5, 5.41) is 10.2. The number of hydrogen-bond donors (Lipinski definition) is 0. The van der Waals surface area contributed by atoms with Crippen LogP contribution >= 0.6 is 0 Å². The molecule has 0 aliphatic carbocycles. The van der Waals surface area contributed by atoms with Crippen LogP contribution in [-0.2, 0) is 7.05 Å². The zero-order chi connectivity index (χ0) is 19.6. The number of nitrogens with zero attached hydrogens (tertiary/aromatic N) is 2. The monoisotopic (exact) mass is 366 g/mol. The minimum atomic E-state index is -3.04. The molecule has 3 rings (SSSR count). The third kappa shape index (κ3) is 3.58. The molecule has 0 saturated heterocycles. The Labute approximate surface area is 154 Å². The number of benzene rings is 2. The van der Waals surface area contributed by atoms with E-state index in [2.05, 4.69) is 10.8 Å². The molecule has 0 unspecified atom stereocenters. The lowest BCUT2D eigenvalue weighted by Crippen LogP contribution is -2.07. The fourth-order valence-corrected chi connectivity index (χ4v) is 2.91. The second kappa shape index (κ2) is 7.42. The zero-order valence-electron chi connectivity index (χ0n) is 14.7. The van der Waals surface area contributed by atoms with Crippen molar-refractivity contribution < 1.29 is 18.3 Å². The molecule has 0 aliphatic heterocycles. The van der Waals surface area contributed by atoms with Gasteiger partial charge in [0.15, 0.2) is 5.78 Å². The number of nitriles is 1. The Morgan fingerprint density at radius 3 is 2.67 bits per heavy atom. The molecular weight excluding hydrogens is 350 g/mol. The molecule has 0 saturated carbocycles. The van der Waals surface area contributed by atoms with E-state index < -0.39 is 12.4 Å². The van der Waals surface area contributed by atoms with E-state index in [0.717, 1.165) is 5.69 Å². The number of ether oxygens (including phenoxy) is 1. The summed E-state index contributed by atoms with van der Waals surface area (Å²) in [5.74, 6) is -0.599. The first kappa shape index (κ1) is 18.3. The van der Waals surface area contributed by atoms with Crippen LogP contribution < -0.4 is 4.74 Å². The number of rotatable bonds is 5. The van der Waals surface area contributed by atoms with Gasteiger partial charge >= 0.3 is 6.61 Å². The largest absolute Gasteiger partial charge is 0.433 e. The van der Waals surface area contributed by atoms with Crippen LogP contribution in [0.25, 0.3) is 16.8 Å². The van der Waals surface area contributed by atoms with Gasteiger partial charge in [-0.05, 0) is 42.2 Å². The van der Waals surface area contributed by atoms with E-state index in [1.165, 1.54) is 12.1 Å². The fraction of sp³-hybridized carbons (Fsp3) is 0.143. The summed E-state index contributed by atoms with van der Waals surface area (Å²) in [6.45, 7) is -1.22. The Balaban J connectivity index is 2.02. The molecule has 1 heterocycles. The van der Waals surface area contributed by atoms with E-state index in [9.17, 15) is 13.6 Å². The summed E-state index contributed by atoms with van der Waals surface area (Å²) < 4.78 is 32.2. The van der Waals surface area contributed by atoms with Crippen molar-refractivity contribution in [2.75, 3.05) is 0 Å². The lowest BCUT2D eigenvalue weighted by Gasteiger charge is -2.12. The molecule has 0 bridgehead atoms. The standard InChI is InChI=1S/C21H16F2N2O2/c1-13-15(11-16(12-24)25(13)2)8-10-19(26)18-9-7-14-5-3-4-6-17(14)20(18)27-21(22)23/h3-11,21H,1-2H3/b10-8+. The van der Waals surface area contributed by atoms with E-state index in [0.29, 0.717) is 22.0 Å². The second-order valence-corrected chi connectivity index (χ2v) is 5.98. The van der Waals surface area contributed by atoms with Crippen LogP contribution in [0.1, 0.15) is 27.3 Å². The summed E-state index contributed by atoms with van der Waals surface area (Å²) in [7, 11) is 1.75. The number of alkyl halides is 2. The van der Waals surface area contributed by atoms with Gasteiger partial charge in [0.2, 0.25) is 0 Å². The smallest absolute Gasteiger partial charge is 0.387 e. The highest BCUT2D eigenvalue weighted by molar-refractivity contribution is 6.12. The van der Waals surface area contributed by atoms with Gasteiger partial charge in [-0.2, -0.15) is 14.0 Å². The molecule has 3 aromatic rings. The van der Waals surface area contributed by atoms with E-state index in [1.807, 2.05) is 6.92 Å². The summed E-state index contributed by atoms with van der Waals surface area (Å²) in [5.41, 5.74) is 2.05. The Morgan fingerprint density at radius 1 is 1.26 bits per heavy atom. The number of allylic oxidation sites excluding steroid dienone is 1. The van der Waals surface area contributed by atoms with Gasteiger partial charge in [-0.25, -0.2) is 0 Å². The predicted octanol–water partition coefficient (Wildman–Crippen LogP) is 4.86. The molecule has 2 aromatic carbocycles. The van der Waals surface area contributed by atoms with E-state index >= 15 is 0 Å². The first-order chi connectivity index (χ1) is 12.9. The summed E-state index contributed by atoms with van der Waals surface area (Å²) in [6.07, 6.45) is 2.87. The van der Waals surface area contributed by atoms with Crippen LogP contribution in [0, 0.1) is 18.3 Å². The lowest BCUT2D eigenvalue weighted by atomic mass is 10.0. The van der Waals surface area contributed by atoms with Crippen molar-refractivity contribution in [3.63, 3.8) is 0 Å². The SMILES string of the molecule is Cc1c(/C=C/C(=O)c2ccc3ccccc3c2OC(F)F)cc(C#N)n1C. The number of ketones is 1. The van der Waals surface area contributed by atoms with Crippen molar-refractivity contribution in [1.82, 2.24) is 4.57 Å². The molecule has 4 nitrogen and oxygen atoms in total. The molecular formula is C21H16F2N2O2. The van der Waals surface area contributed by atoms with Crippen molar-refractivity contribution in [3.05, 3.63) is 71.1 Å². The Kier molecular flexibility index (Phi) is 5.04. The Morgan fingerprint density at radius 2 is 2.00 bits per heavy atom. The molecule has 0 amide bonds. The second-order valence-electron chi connectivity index (χ2n) is 5.98. The normalized spacial score (nSPS) is 11.3. The Bertz CT molecular complexity index is 1090. The molecule has 27 heavy (non-hydrogen) atoms. The van der Waals surface area contributed by atoms with Gasteiger partial charge in [-0.3, -0.25) is 4.79 Å². The van der Waals surface area contributed by atoms with E-state index in [1.54, 1.807) is 54.1 Å². The molecule has 0 spiro atoms. The molecule has 0 aliphatic rings. The molecule has 136 valence electrons. The van der Waals surface area contributed by atoms with Crippen molar-refractivity contribution in [2.45, 2.75) is 13.5 Å². The fourth-order valence-electron chi connectivity index (χ4n) is 2.91. The van der Waals surface area contributed by atoms with Gasteiger partial charge in [0.05, 0.1) is 5.56 Å². The maximum absolute atomic E-state index is 12.9. The quantitative estimate of drug-likeness (QED) is 0.479. The van der Waals surface area contributed by atoms with Gasteiger partial charge < -0.3 is 9.30 Å². The number of fused-ring (bicyclic) bond motifs is 1. The summed E-state index contributed by atoms with van der Waals surface area (Å²) >= 11 is 0. The minimum absolute atomic E-state index is 0.0549. The first-order valence-electron chi connectivity index (χ1n) is 8.17. The highest BCUT2D eigenvalue weighted by Gasteiger charge is 2.17. The van der Waals surface area contributed by atoms with Gasteiger partial charge in [0.25, 0.3) is 0 Å². The van der Waals surface area contributed by atoms with Gasteiger partial charge in [0, 0.05) is 18.1 Å². The molecule has 0 atom stereocenters. The first-order valence-corrected chi connectivity index (χ1v) is 8.17. The van der Waals surface area contributed by atoms with Gasteiger partial charge in [0.1, 0.15) is 17.5 Å². The number of halogens is 2. The van der Waals surface area contributed by atoms with Crippen molar-refractivity contribution >= 4 is 22.6 Å². The van der Waals surface area contributed by atoms with E-state index in [4.69, 9.17) is 5.26 Å². The van der Waals surface area contributed by atoms with Crippen LogP contribution in [0.15, 0.2) is 48.5 Å². The van der Waals surface area contributed by atoms with Crippen LogP contribution in [0.2, 0.25) is 0 Å². The maximum Gasteiger partial charge on any atom is 0.387 e. The van der Waals surface area contributed by atoms with E-state index in [-0.39, 0.29) is 11.3 Å². The van der Waals surface area contributed by atoms with Crippen molar-refractivity contribution in [2.24, 2.45) is 7.05 Å². The Hall–Kier alpha value is -3.46. The van der Waals surface area contributed by atoms with Crippen LogP contribution in [0.5, 0.6) is 5.75 Å². The molecule has 0 radical (unpaired) electrons. The number of hydrogen-bond acceptors (Lipinski definition) is 3. The lowest BCUT2D eigenvalue weighted by molar-refractivity contribution is -0.0490. The highest BCUT2D eigenvalue weighted by atomic mass is 19.3. The molecule has 0 N–H and O–H groups in total. The third-order valence-corrected chi connectivity index (χ3v) is 4.46. The van der Waals surface area contributed by atoms with Gasteiger partial charge in [-0.1, -0.05) is 30.3 Å². The highest BCUT2D eigenvalue weighted by Crippen LogP contribution is 2.32. The average molecular weight is 366 g/mol.